The number of nitrogens with one attached hydrogen (secondary N) is 1. The maximum absolute atomic E-state index is 13.0. The van der Waals surface area contributed by atoms with Crippen molar-refractivity contribution in [1.29, 1.82) is 0 Å². The van der Waals surface area contributed by atoms with Crippen LogP contribution in [-0.4, -0.2) is 25.8 Å². The maximum Gasteiger partial charge on any atom is 0.255 e. The Balaban J connectivity index is 1.35. The Bertz CT molecular complexity index is 1070. The average molecular weight is 391 g/mol. The molecule has 0 bridgehead atoms. The van der Waals surface area contributed by atoms with Gasteiger partial charge >= 0.3 is 0 Å². The molecule has 1 N–H and O–H groups in total. The molecule has 29 heavy (non-hydrogen) atoms. The van der Waals surface area contributed by atoms with Crippen LogP contribution in [0.25, 0.3) is 11.4 Å². The molecular formula is C22H25N5O2. The number of hydrogen-bond donors (Lipinski definition) is 1. The van der Waals surface area contributed by atoms with Crippen LogP contribution in [0, 0.1) is 5.92 Å². The molecule has 2 aromatic heterocycles. The summed E-state index contributed by atoms with van der Waals surface area (Å²) in [6, 6.07) is 6.24. The summed E-state index contributed by atoms with van der Waals surface area (Å²) in [6.07, 6.45) is 6.31. The molecule has 1 amide bonds. The Morgan fingerprint density at radius 1 is 1.34 bits per heavy atom. The summed E-state index contributed by atoms with van der Waals surface area (Å²) in [5.74, 6) is 1.84. The summed E-state index contributed by atoms with van der Waals surface area (Å²) in [5.41, 5.74) is 5.16. The fraction of sp³-hybridized carbons (Fsp3) is 0.455. The van der Waals surface area contributed by atoms with E-state index in [0.29, 0.717) is 17.6 Å². The van der Waals surface area contributed by atoms with Gasteiger partial charge in [0.05, 0.1) is 23.5 Å². The first kappa shape index (κ1) is 18.1. The second-order valence-corrected chi connectivity index (χ2v) is 8.17. The third-order valence-corrected chi connectivity index (χ3v) is 6.12. The van der Waals surface area contributed by atoms with Gasteiger partial charge in [-0.1, -0.05) is 31.1 Å². The predicted molar refractivity (Wildman–Crippen MR) is 107 cm³/mol. The van der Waals surface area contributed by atoms with Crippen molar-refractivity contribution in [2.75, 3.05) is 0 Å². The van der Waals surface area contributed by atoms with Gasteiger partial charge in [0.2, 0.25) is 11.7 Å². The Labute approximate surface area is 169 Å². The molecule has 150 valence electrons. The minimum atomic E-state index is -0.0203. The van der Waals surface area contributed by atoms with Crippen LogP contribution in [0.15, 0.2) is 28.9 Å². The van der Waals surface area contributed by atoms with Gasteiger partial charge in [0, 0.05) is 18.5 Å². The fourth-order valence-corrected chi connectivity index (χ4v) is 4.44. The van der Waals surface area contributed by atoms with Gasteiger partial charge in [-0.05, 0) is 48.8 Å². The summed E-state index contributed by atoms with van der Waals surface area (Å²) in [7, 11) is 0. The number of aromatic nitrogens is 4. The zero-order chi connectivity index (χ0) is 20.0. The first-order valence-electron chi connectivity index (χ1n) is 10.4. The van der Waals surface area contributed by atoms with Gasteiger partial charge in [-0.2, -0.15) is 10.1 Å². The molecule has 0 radical (unpaired) electrons. The lowest BCUT2D eigenvalue weighted by molar-refractivity contribution is 0.0935. The van der Waals surface area contributed by atoms with Gasteiger partial charge in [-0.3, -0.25) is 9.48 Å². The predicted octanol–water partition coefficient (Wildman–Crippen LogP) is 3.50. The number of amides is 1. The lowest BCUT2D eigenvalue weighted by Crippen LogP contribution is -2.29. The van der Waals surface area contributed by atoms with E-state index in [9.17, 15) is 4.79 Å². The quantitative estimate of drug-likeness (QED) is 0.736. The highest BCUT2D eigenvalue weighted by atomic mass is 16.5. The van der Waals surface area contributed by atoms with Crippen molar-refractivity contribution >= 4 is 5.91 Å². The van der Waals surface area contributed by atoms with E-state index in [1.54, 1.807) is 6.20 Å². The van der Waals surface area contributed by atoms with E-state index in [-0.39, 0.29) is 11.9 Å². The second kappa shape index (κ2) is 7.13. The van der Waals surface area contributed by atoms with Crippen LogP contribution in [0.5, 0.6) is 0 Å². The zero-order valence-corrected chi connectivity index (χ0v) is 16.8. The van der Waals surface area contributed by atoms with E-state index in [2.05, 4.69) is 39.6 Å². The number of fused-ring (bicyclic) bond motifs is 2. The molecule has 0 saturated carbocycles. The summed E-state index contributed by atoms with van der Waals surface area (Å²) >= 11 is 0. The standard InChI is InChI=1S/C22H25N5O2/c1-3-20-25-21(26-29-20)15-4-6-16-14(11-15)5-7-18(16)24-22(28)17-12-23-27-9-8-13(2)10-19(17)27/h4,6,11-13,18H,3,5,7-10H2,1-2H3,(H,24,28)/t13?,18-/m1/s1. The summed E-state index contributed by atoms with van der Waals surface area (Å²) in [4.78, 5) is 17.4. The van der Waals surface area contributed by atoms with E-state index < -0.39 is 0 Å². The van der Waals surface area contributed by atoms with Gasteiger partial charge in [0.25, 0.3) is 5.91 Å². The summed E-state index contributed by atoms with van der Waals surface area (Å²) in [6.45, 7) is 5.12. The monoisotopic (exact) mass is 391 g/mol. The number of carbonyl (C=O) groups is 1. The van der Waals surface area contributed by atoms with Crippen molar-refractivity contribution in [3.63, 3.8) is 0 Å². The smallest absolute Gasteiger partial charge is 0.255 e. The lowest BCUT2D eigenvalue weighted by Gasteiger charge is -2.21. The number of aryl methyl sites for hydroxylation is 3. The molecule has 3 heterocycles. The van der Waals surface area contributed by atoms with E-state index in [1.165, 1.54) is 11.1 Å². The molecule has 0 spiro atoms. The van der Waals surface area contributed by atoms with E-state index in [1.807, 2.05) is 17.7 Å². The molecule has 0 saturated heterocycles. The lowest BCUT2D eigenvalue weighted by atomic mass is 9.96. The molecule has 7 heteroatoms. The van der Waals surface area contributed by atoms with Crippen LogP contribution in [-0.2, 0) is 25.8 Å². The fourth-order valence-electron chi connectivity index (χ4n) is 4.44. The SMILES string of the molecule is CCc1nc(-c2ccc3c(c2)CC[C@H]3NC(=O)c2cnn3c2CC(C)CC3)no1. The van der Waals surface area contributed by atoms with Crippen LogP contribution in [0.1, 0.15) is 65.8 Å². The highest BCUT2D eigenvalue weighted by Gasteiger charge is 2.28. The average Bonchev–Trinajstić information content (AvgIpc) is 3.45. The third kappa shape index (κ3) is 3.24. The summed E-state index contributed by atoms with van der Waals surface area (Å²) in [5, 5.41) is 11.7. The highest BCUT2D eigenvalue weighted by molar-refractivity contribution is 5.95. The van der Waals surface area contributed by atoms with Gasteiger partial charge < -0.3 is 9.84 Å². The van der Waals surface area contributed by atoms with E-state index >= 15 is 0 Å². The number of rotatable bonds is 4. The Kier molecular flexibility index (Phi) is 4.45. The number of benzene rings is 1. The molecule has 1 aliphatic heterocycles. The molecule has 5 rings (SSSR count). The molecular weight excluding hydrogens is 366 g/mol. The van der Waals surface area contributed by atoms with Crippen molar-refractivity contribution in [2.45, 2.75) is 58.5 Å². The first-order valence-corrected chi connectivity index (χ1v) is 10.4. The van der Waals surface area contributed by atoms with Crippen molar-refractivity contribution in [2.24, 2.45) is 5.92 Å². The van der Waals surface area contributed by atoms with Crippen LogP contribution in [0.4, 0.5) is 0 Å². The van der Waals surface area contributed by atoms with Crippen LogP contribution < -0.4 is 5.32 Å². The van der Waals surface area contributed by atoms with E-state index in [0.717, 1.165) is 55.5 Å². The number of carbonyl (C=O) groups excluding carboxylic acids is 1. The summed E-state index contributed by atoms with van der Waals surface area (Å²) < 4.78 is 7.21. The third-order valence-electron chi connectivity index (χ3n) is 6.12. The largest absolute Gasteiger partial charge is 0.345 e. The molecule has 7 nitrogen and oxygen atoms in total. The molecule has 3 aromatic rings. The highest BCUT2D eigenvalue weighted by Crippen LogP contribution is 2.34. The van der Waals surface area contributed by atoms with Crippen molar-refractivity contribution in [3.05, 3.63) is 52.7 Å². The van der Waals surface area contributed by atoms with Gasteiger partial charge in [-0.25, -0.2) is 0 Å². The van der Waals surface area contributed by atoms with Crippen molar-refractivity contribution < 1.29 is 9.32 Å². The minimum Gasteiger partial charge on any atom is -0.345 e. The Morgan fingerprint density at radius 2 is 2.24 bits per heavy atom. The Hall–Kier alpha value is -2.96. The van der Waals surface area contributed by atoms with Gasteiger partial charge in [0.1, 0.15) is 0 Å². The zero-order valence-electron chi connectivity index (χ0n) is 16.8. The van der Waals surface area contributed by atoms with Crippen LogP contribution in [0.2, 0.25) is 0 Å². The van der Waals surface area contributed by atoms with Gasteiger partial charge in [-0.15, -0.1) is 0 Å². The Morgan fingerprint density at radius 3 is 3.07 bits per heavy atom. The molecule has 1 aliphatic carbocycles. The molecule has 1 aromatic carbocycles. The maximum atomic E-state index is 13.0. The van der Waals surface area contributed by atoms with Crippen LogP contribution >= 0.6 is 0 Å². The van der Waals surface area contributed by atoms with Crippen molar-refractivity contribution in [3.8, 4) is 11.4 Å². The second-order valence-electron chi connectivity index (χ2n) is 8.17. The topological polar surface area (TPSA) is 85.8 Å². The van der Waals surface area contributed by atoms with Crippen molar-refractivity contribution in [1.82, 2.24) is 25.2 Å². The molecule has 1 unspecified atom stereocenters. The van der Waals surface area contributed by atoms with Gasteiger partial charge in [0.15, 0.2) is 0 Å². The number of hydrogen-bond acceptors (Lipinski definition) is 5. The van der Waals surface area contributed by atoms with Crippen LogP contribution in [0.3, 0.4) is 0 Å². The molecule has 2 aliphatic rings. The molecule has 0 fully saturated rings. The number of nitrogens with zero attached hydrogens (tertiary/aromatic N) is 4. The molecule has 2 atom stereocenters. The first-order chi connectivity index (χ1) is 14.1. The normalized spacial score (nSPS) is 20.3. The minimum absolute atomic E-state index is 0.0203. The van der Waals surface area contributed by atoms with E-state index in [4.69, 9.17) is 4.52 Å².